The van der Waals surface area contributed by atoms with Gasteiger partial charge in [0.2, 0.25) is 0 Å². The molecule has 0 aromatic rings. The fourth-order valence-electron chi connectivity index (χ4n) is 3.34. The van der Waals surface area contributed by atoms with E-state index in [-0.39, 0.29) is 11.9 Å². The van der Waals surface area contributed by atoms with Crippen LogP contribution < -0.4 is 10.6 Å². The van der Waals surface area contributed by atoms with Crippen LogP contribution in [0.5, 0.6) is 0 Å². The van der Waals surface area contributed by atoms with Gasteiger partial charge in [0.15, 0.2) is 6.04 Å². The van der Waals surface area contributed by atoms with Crippen molar-refractivity contribution in [2.75, 3.05) is 13.1 Å². The first-order valence-corrected chi connectivity index (χ1v) is 6.32. The molecule has 3 heteroatoms. The van der Waals surface area contributed by atoms with Gasteiger partial charge in [-0.05, 0) is 32.1 Å². The van der Waals surface area contributed by atoms with Gasteiger partial charge in [0.1, 0.15) is 0 Å². The van der Waals surface area contributed by atoms with E-state index >= 15 is 0 Å². The molecule has 3 N–H and O–H groups in total. The van der Waals surface area contributed by atoms with E-state index in [4.69, 9.17) is 5.73 Å². The van der Waals surface area contributed by atoms with Gasteiger partial charge in [0.25, 0.3) is 5.91 Å². The number of piperidine rings is 1. The smallest absolute Gasteiger partial charge is 0.275 e. The summed E-state index contributed by atoms with van der Waals surface area (Å²) in [4.78, 5) is 12.6. The van der Waals surface area contributed by atoms with Gasteiger partial charge >= 0.3 is 0 Å². The molecule has 2 rings (SSSR count). The van der Waals surface area contributed by atoms with Gasteiger partial charge in [-0.3, -0.25) is 4.79 Å². The predicted octanol–water partition coefficient (Wildman–Crippen LogP) is -0.0448. The number of hydrogen-bond donors (Lipinski definition) is 2. The van der Waals surface area contributed by atoms with Crippen LogP contribution in [0.25, 0.3) is 0 Å². The zero-order valence-electron chi connectivity index (χ0n) is 9.67. The Labute approximate surface area is 92.0 Å². The summed E-state index contributed by atoms with van der Waals surface area (Å²) in [6, 6.07) is 0.00729. The molecule has 1 saturated carbocycles. The van der Waals surface area contributed by atoms with Crippen LogP contribution in [0.3, 0.4) is 0 Å². The monoisotopic (exact) mass is 211 g/mol. The highest BCUT2D eigenvalue weighted by molar-refractivity contribution is 5.77. The lowest BCUT2D eigenvalue weighted by molar-refractivity contribution is -0.924. The fraction of sp³-hybridized carbons (Fsp3) is 0.917. The zero-order chi connectivity index (χ0) is 10.8. The van der Waals surface area contributed by atoms with E-state index in [1.54, 1.807) is 0 Å². The topological polar surface area (TPSA) is 47.5 Å². The summed E-state index contributed by atoms with van der Waals surface area (Å²) in [6.07, 6.45) is 6.90. The van der Waals surface area contributed by atoms with Crippen LogP contribution >= 0.6 is 0 Å². The lowest BCUT2D eigenvalue weighted by Crippen LogP contribution is -3.18. The van der Waals surface area contributed by atoms with Crippen LogP contribution in [0.15, 0.2) is 0 Å². The minimum atomic E-state index is -0.140. The van der Waals surface area contributed by atoms with Crippen molar-refractivity contribution in [3.63, 3.8) is 0 Å². The normalized spacial score (nSPS) is 38.1. The summed E-state index contributed by atoms with van der Waals surface area (Å²) in [5.41, 5.74) is 5.38. The molecule has 1 amide bonds. The lowest BCUT2D eigenvalue weighted by atomic mass is 9.75. The first-order valence-electron chi connectivity index (χ1n) is 6.32. The Kier molecular flexibility index (Phi) is 3.29. The summed E-state index contributed by atoms with van der Waals surface area (Å²) < 4.78 is 0. The maximum Gasteiger partial charge on any atom is 0.275 e. The standard InChI is InChI=1S/C12H22N2O/c1-9(12(13)15)14-7-6-10-4-2-3-5-11(10)8-14/h9-11H,2-8H2,1H3,(H2,13,15)/p+1/t9-,10-,11+/m0/s1. The summed E-state index contributed by atoms with van der Waals surface area (Å²) >= 11 is 0. The number of carbonyl (C=O) groups is 1. The van der Waals surface area contributed by atoms with Gasteiger partial charge in [-0.15, -0.1) is 0 Å². The SMILES string of the molecule is C[C@@H](C(N)=O)[NH+]1CC[C@@H]2CCCC[C@@H]2C1. The summed E-state index contributed by atoms with van der Waals surface area (Å²) in [5.74, 6) is 1.67. The lowest BCUT2D eigenvalue weighted by Gasteiger charge is -2.40. The second-order valence-corrected chi connectivity index (χ2v) is 5.33. The molecule has 0 bridgehead atoms. The highest BCUT2D eigenvalue weighted by Gasteiger charge is 2.36. The van der Waals surface area contributed by atoms with Crippen LogP contribution in [-0.4, -0.2) is 25.0 Å². The molecule has 1 heterocycles. The van der Waals surface area contributed by atoms with E-state index in [0.29, 0.717) is 0 Å². The number of nitrogens with two attached hydrogens (primary N) is 1. The van der Waals surface area contributed by atoms with Gasteiger partial charge in [-0.2, -0.15) is 0 Å². The molecule has 1 unspecified atom stereocenters. The Bertz CT molecular complexity index is 242. The third-order valence-corrected chi connectivity index (χ3v) is 4.47. The number of likely N-dealkylation sites (tertiary alicyclic amines) is 1. The van der Waals surface area contributed by atoms with Crippen LogP contribution in [0.2, 0.25) is 0 Å². The highest BCUT2D eigenvalue weighted by atomic mass is 16.1. The van der Waals surface area contributed by atoms with Crippen molar-refractivity contribution in [2.45, 2.75) is 45.1 Å². The van der Waals surface area contributed by atoms with Crippen LogP contribution in [0, 0.1) is 11.8 Å². The van der Waals surface area contributed by atoms with Crippen molar-refractivity contribution in [1.82, 2.24) is 0 Å². The molecule has 0 spiro atoms. The number of primary amides is 1. The van der Waals surface area contributed by atoms with Crippen molar-refractivity contribution in [1.29, 1.82) is 0 Å². The van der Waals surface area contributed by atoms with Gasteiger partial charge in [0.05, 0.1) is 13.1 Å². The second kappa shape index (κ2) is 4.52. The molecule has 2 fully saturated rings. The minimum Gasteiger partial charge on any atom is -0.365 e. The first kappa shape index (κ1) is 10.9. The zero-order valence-corrected chi connectivity index (χ0v) is 9.67. The van der Waals surface area contributed by atoms with Crippen molar-refractivity contribution in [3.8, 4) is 0 Å². The largest absolute Gasteiger partial charge is 0.365 e. The van der Waals surface area contributed by atoms with Gasteiger partial charge in [-0.1, -0.05) is 12.8 Å². The molecule has 4 atom stereocenters. The number of amides is 1. The number of hydrogen-bond acceptors (Lipinski definition) is 1. The van der Waals surface area contributed by atoms with Crippen molar-refractivity contribution < 1.29 is 9.69 Å². The Hall–Kier alpha value is -0.570. The Morgan fingerprint density at radius 1 is 1.27 bits per heavy atom. The molecule has 3 nitrogen and oxygen atoms in total. The molecule has 1 aliphatic heterocycles. The predicted molar refractivity (Wildman–Crippen MR) is 59.4 cm³/mol. The maximum absolute atomic E-state index is 11.2. The molecule has 2 aliphatic rings. The van der Waals surface area contributed by atoms with Crippen LogP contribution in [-0.2, 0) is 4.79 Å². The summed E-state index contributed by atoms with van der Waals surface area (Å²) in [5, 5.41) is 0. The minimum absolute atomic E-state index is 0.00729. The van der Waals surface area contributed by atoms with Gasteiger partial charge < -0.3 is 10.6 Å². The van der Waals surface area contributed by atoms with Crippen molar-refractivity contribution in [2.24, 2.45) is 17.6 Å². The number of nitrogens with one attached hydrogen (secondary N) is 1. The third kappa shape index (κ3) is 2.33. The maximum atomic E-state index is 11.2. The fourth-order valence-corrected chi connectivity index (χ4v) is 3.34. The number of fused-ring (bicyclic) bond motifs is 1. The molecule has 1 aliphatic carbocycles. The molecular weight excluding hydrogens is 188 g/mol. The van der Waals surface area contributed by atoms with E-state index in [9.17, 15) is 4.79 Å². The van der Waals surface area contributed by atoms with Crippen molar-refractivity contribution >= 4 is 5.91 Å². The van der Waals surface area contributed by atoms with Crippen LogP contribution in [0.4, 0.5) is 0 Å². The molecular formula is C12H23N2O+. The number of carbonyl (C=O) groups excluding carboxylic acids is 1. The molecule has 1 saturated heterocycles. The molecule has 0 aromatic carbocycles. The second-order valence-electron chi connectivity index (χ2n) is 5.33. The first-order chi connectivity index (χ1) is 7.18. The van der Waals surface area contributed by atoms with Gasteiger partial charge in [-0.25, -0.2) is 0 Å². The van der Waals surface area contributed by atoms with E-state index < -0.39 is 0 Å². The Morgan fingerprint density at radius 3 is 2.60 bits per heavy atom. The van der Waals surface area contributed by atoms with E-state index in [2.05, 4.69) is 0 Å². The average Bonchev–Trinajstić information content (AvgIpc) is 2.27. The Balaban J connectivity index is 1.93. The number of quaternary nitrogens is 1. The summed E-state index contributed by atoms with van der Waals surface area (Å²) in [6.45, 7) is 4.29. The van der Waals surface area contributed by atoms with E-state index in [1.807, 2.05) is 6.92 Å². The third-order valence-electron chi connectivity index (χ3n) is 4.47. The molecule has 15 heavy (non-hydrogen) atoms. The van der Waals surface area contributed by atoms with Crippen LogP contribution in [0.1, 0.15) is 39.0 Å². The molecule has 0 radical (unpaired) electrons. The molecule has 0 aromatic heterocycles. The summed E-state index contributed by atoms with van der Waals surface area (Å²) in [7, 11) is 0. The Morgan fingerprint density at radius 2 is 1.93 bits per heavy atom. The number of rotatable bonds is 2. The quantitative estimate of drug-likeness (QED) is 0.661. The van der Waals surface area contributed by atoms with E-state index in [0.717, 1.165) is 18.4 Å². The highest BCUT2D eigenvalue weighted by Crippen LogP contribution is 2.32. The average molecular weight is 211 g/mol. The molecule has 86 valence electrons. The van der Waals surface area contributed by atoms with E-state index in [1.165, 1.54) is 43.5 Å². The van der Waals surface area contributed by atoms with Gasteiger partial charge in [0, 0.05) is 5.92 Å². The van der Waals surface area contributed by atoms with Crippen molar-refractivity contribution in [3.05, 3.63) is 0 Å².